The average Bonchev–Trinajstić information content (AvgIpc) is 2.16. The lowest BCUT2D eigenvalue weighted by molar-refractivity contribution is 0.108. The van der Waals surface area contributed by atoms with Crippen LogP contribution in [-0.4, -0.2) is 5.24 Å². The van der Waals surface area contributed by atoms with Gasteiger partial charge in [0.05, 0.1) is 11.6 Å². The van der Waals surface area contributed by atoms with Crippen LogP contribution in [0.15, 0.2) is 18.2 Å². The van der Waals surface area contributed by atoms with Gasteiger partial charge in [-0.25, -0.2) is 0 Å². The Morgan fingerprint density at radius 1 is 1.62 bits per heavy atom. The zero-order valence-electron chi connectivity index (χ0n) is 6.55. The zero-order chi connectivity index (χ0) is 9.84. The molecule has 0 aromatic heterocycles. The highest BCUT2D eigenvalue weighted by Crippen LogP contribution is 2.15. The molecular weight excluding hydrogens is 253 g/mol. The van der Waals surface area contributed by atoms with Gasteiger partial charge in [-0.05, 0) is 29.3 Å². The zero-order valence-corrected chi connectivity index (χ0v) is 8.89. The van der Waals surface area contributed by atoms with Gasteiger partial charge in [-0.3, -0.25) is 4.79 Å². The molecule has 13 heavy (non-hydrogen) atoms. The molecule has 0 aliphatic carbocycles. The lowest BCUT2D eigenvalue weighted by Crippen LogP contribution is -1.93. The quantitative estimate of drug-likeness (QED) is 0.604. The number of alkyl halides is 1. The number of halogens is 2. The summed E-state index contributed by atoms with van der Waals surface area (Å²) in [6, 6.07) is 6.81. The second kappa shape index (κ2) is 4.40. The van der Waals surface area contributed by atoms with Gasteiger partial charge in [0.2, 0.25) is 0 Å². The van der Waals surface area contributed by atoms with E-state index in [1.807, 2.05) is 6.07 Å². The van der Waals surface area contributed by atoms with Gasteiger partial charge in [-0.2, -0.15) is 5.26 Å². The average molecular weight is 259 g/mol. The highest BCUT2D eigenvalue weighted by atomic mass is 79.9. The molecule has 0 fully saturated rings. The van der Waals surface area contributed by atoms with Crippen LogP contribution in [0, 0.1) is 11.3 Å². The number of rotatable bonds is 2. The SMILES string of the molecule is N#Cc1cc(C(=O)Cl)ccc1CBr. The molecular formula is C9H5BrClNO. The van der Waals surface area contributed by atoms with Crippen LogP contribution in [0.3, 0.4) is 0 Å². The molecule has 1 aromatic rings. The summed E-state index contributed by atoms with van der Waals surface area (Å²) in [6.07, 6.45) is 0. The lowest BCUT2D eigenvalue weighted by atomic mass is 10.1. The van der Waals surface area contributed by atoms with E-state index in [-0.39, 0.29) is 0 Å². The second-order valence-electron chi connectivity index (χ2n) is 2.39. The maximum atomic E-state index is 10.8. The molecule has 0 unspecified atom stereocenters. The predicted molar refractivity (Wildman–Crippen MR) is 54.0 cm³/mol. The molecule has 0 atom stereocenters. The highest BCUT2D eigenvalue weighted by molar-refractivity contribution is 9.08. The fraction of sp³-hybridized carbons (Fsp3) is 0.111. The maximum Gasteiger partial charge on any atom is 0.252 e. The van der Waals surface area contributed by atoms with Crippen molar-refractivity contribution in [3.63, 3.8) is 0 Å². The normalized spacial score (nSPS) is 9.31. The Morgan fingerprint density at radius 3 is 2.77 bits per heavy atom. The number of nitriles is 1. The van der Waals surface area contributed by atoms with E-state index in [1.165, 1.54) is 6.07 Å². The summed E-state index contributed by atoms with van der Waals surface area (Å²) in [5.41, 5.74) is 1.68. The molecule has 0 saturated carbocycles. The Labute approximate surface area is 89.3 Å². The van der Waals surface area contributed by atoms with Gasteiger partial charge in [0, 0.05) is 10.9 Å². The van der Waals surface area contributed by atoms with Gasteiger partial charge in [-0.1, -0.05) is 22.0 Å². The first-order chi connectivity index (χ1) is 6.19. The Morgan fingerprint density at radius 2 is 2.31 bits per heavy atom. The van der Waals surface area contributed by atoms with Crippen molar-refractivity contribution in [2.75, 3.05) is 0 Å². The summed E-state index contributed by atoms with van der Waals surface area (Å²) in [5.74, 6) is 0. The standard InChI is InChI=1S/C9H5BrClNO/c10-4-7-2-1-6(9(11)13)3-8(7)5-12/h1-3H,4H2. The molecule has 0 bridgehead atoms. The van der Waals surface area contributed by atoms with E-state index in [4.69, 9.17) is 16.9 Å². The van der Waals surface area contributed by atoms with Crippen molar-refractivity contribution in [3.05, 3.63) is 34.9 Å². The molecule has 0 radical (unpaired) electrons. The fourth-order valence-corrected chi connectivity index (χ4v) is 1.53. The third-order valence-corrected chi connectivity index (χ3v) is 2.42. The van der Waals surface area contributed by atoms with E-state index >= 15 is 0 Å². The van der Waals surface area contributed by atoms with Crippen LogP contribution in [0.4, 0.5) is 0 Å². The van der Waals surface area contributed by atoms with Crippen LogP contribution in [0.2, 0.25) is 0 Å². The monoisotopic (exact) mass is 257 g/mol. The number of nitrogens with zero attached hydrogens (tertiary/aromatic N) is 1. The van der Waals surface area contributed by atoms with Crippen LogP contribution < -0.4 is 0 Å². The molecule has 0 spiro atoms. The molecule has 1 rings (SSSR count). The van der Waals surface area contributed by atoms with Gasteiger partial charge in [-0.15, -0.1) is 0 Å². The van der Waals surface area contributed by atoms with E-state index in [2.05, 4.69) is 15.9 Å². The van der Waals surface area contributed by atoms with Crippen molar-refractivity contribution < 1.29 is 4.79 Å². The molecule has 0 aliphatic rings. The van der Waals surface area contributed by atoms with Crippen LogP contribution >= 0.6 is 27.5 Å². The third-order valence-electron chi connectivity index (χ3n) is 1.60. The molecule has 0 amide bonds. The van der Waals surface area contributed by atoms with Crippen LogP contribution in [0.25, 0.3) is 0 Å². The Bertz CT molecular complexity index is 384. The summed E-state index contributed by atoms with van der Waals surface area (Å²) >= 11 is 8.51. The van der Waals surface area contributed by atoms with Gasteiger partial charge in [0.15, 0.2) is 0 Å². The molecule has 0 aliphatic heterocycles. The summed E-state index contributed by atoms with van der Waals surface area (Å²) < 4.78 is 0. The first-order valence-electron chi connectivity index (χ1n) is 3.48. The van der Waals surface area contributed by atoms with Gasteiger partial charge in [0.25, 0.3) is 5.24 Å². The maximum absolute atomic E-state index is 10.8. The van der Waals surface area contributed by atoms with Gasteiger partial charge >= 0.3 is 0 Å². The Balaban J connectivity index is 3.23. The third kappa shape index (κ3) is 2.30. The molecule has 66 valence electrons. The van der Waals surface area contributed by atoms with Crippen LogP contribution in [-0.2, 0) is 5.33 Å². The fourth-order valence-electron chi connectivity index (χ4n) is 0.919. The number of benzene rings is 1. The molecule has 2 nitrogen and oxygen atoms in total. The minimum atomic E-state index is -0.544. The molecule has 4 heteroatoms. The summed E-state index contributed by atoms with van der Waals surface area (Å²) in [7, 11) is 0. The van der Waals surface area contributed by atoms with Crippen molar-refractivity contribution in [3.8, 4) is 6.07 Å². The number of hydrogen-bond acceptors (Lipinski definition) is 2. The topological polar surface area (TPSA) is 40.9 Å². The van der Waals surface area contributed by atoms with Gasteiger partial charge in [0.1, 0.15) is 0 Å². The Hall–Kier alpha value is -0.850. The van der Waals surface area contributed by atoms with Crippen LogP contribution in [0.1, 0.15) is 21.5 Å². The summed E-state index contributed by atoms with van der Waals surface area (Å²) in [4.78, 5) is 10.8. The minimum Gasteiger partial charge on any atom is -0.276 e. The second-order valence-corrected chi connectivity index (χ2v) is 3.30. The van der Waals surface area contributed by atoms with Crippen molar-refractivity contribution in [2.45, 2.75) is 5.33 Å². The minimum absolute atomic E-state index is 0.350. The van der Waals surface area contributed by atoms with E-state index < -0.39 is 5.24 Å². The van der Waals surface area contributed by atoms with Crippen molar-refractivity contribution in [1.29, 1.82) is 5.26 Å². The van der Waals surface area contributed by atoms with Gasteiger partial charge < -0.3 is 0 Å². The molecule has 1 aromatic carbocycles. The largest absolute Gasteiger partial charge is 0.276 e. The van der Waals surface area contributed by atoms with E-state index in [9.17, 15) is 4.79 Å². The molecule has 0 heterocycles. The molecule has 0 saturated heterocycles. The van der Waals surface area contributed by atoms with E-state index in [0.29, 0.717) is 16.5 Å². The molecule has 0 N–H and O–H groups in total. The number of carbonyl (C=O) groups is 1. The highest BCUT2D eigenvalue weighted by Gasteiger charge is 2.06. The first kappa shape index (κ1) is 10.2. The number of carbonyl (C=O) groups excluding carboxylic acids is 1. The van der Waals surface area contributed by atoms with Crippen molar-refractivity contribution in [2.24, 2.45) is 0 Å². The summed E-state index contributed by atoms with van der Waals surface area (Å²) in [6.45, 7) is 0. The van der Waals surface area contributed by atoms with E-state index in [1.54, 1.807) is 12.1 Å². The Kier molecular flexibility index (Phi) is 3.47. The first-order valence-corrected chi connectivity index (χ1v) is 4.97. The summed E-state index contributed by atoms with van der Waals surface area (Å²) in [5, 5.41) is 8.78. The predicted octanol–water partition coefficient (Wildman–Crippen LogP) is 2.83. The number of hydrogen-bond donors (Lipinski definition) is 0. The van der Waals surface area contributed by atoms with Crippen LogP contribution in [0.5, 0.6) is 0 Å². The van der Waals surface area contributed by atoms with Crippen molar-refractivity contribution >= 4 is 32.8 Å². The van der Waals surface area contributed by atoms with E-state index in [0.717, 1.165) is 5.56 Å². The smallest absolute Gasteiger partial charge is 0.252 e. The van der Waals surface area contributed by atoms with Crippen molar-refractivity contribution in [1.82, 2.24) is 0 Å². The lowest BCUT2D eigenvalue weighted by Gasteiger charge is -2.00.